The predicted molar refractivity (Wildman–Crippen MR) is 15.9 cm³/mol. The van der Waals surface area contributed by atoms with E-state index in [1.165, 1.54) is 0 Å². The van der Waals surface area contributed by atoms with E-state index in [-0.39, 0.29) is 22.2 Å². The maximum absolute atomic E-state index is 10.5. The topological polar surface area (TPSA) is 17.1 Å². The Hall–Kier alpha value is 0.294. The minimum Gasteiger partial charge on any atom is -0.226 e. The van der Waals surface area contributed by atoms with Crippen LogP contribution in [0.2, 0.25) is 0 Å². The van der Waals surface area contributed by atoms with Gasteiger partial charge in [0.2, 0.25) is 5.66 Å². The van der Waals surface area contributed by atoms with E-state index < -0.39 is 7.82 Å². The molecule has 0 heterocycles. The van der Waals surface area contributed by atoms with Crippen LogP contribution in [0.3, 0.4) is 0 Å². The van der Waals surface area contributed by atoms with E-state index in [1.54, 1.807) is 0 Å². The fourth-order valence-electron chi connectivity index (χ4n) is 0. The Balaban J connectivity index is 0. The summed E-state index contributed by atoms with van der Waals surface area (Å²) in [7, 11) is -5.70. The second-order valence-corrected chi connectivity index (χ2v) is 1.61. The van der Waals surface area contributed by atoms with Crippen LogP contribution in [-0.2, 0) is 21.3 Å². The molecular weight excluding hydrogens is 175 g/mol. The van der Waals surface area contributed by atoms with Gasteiger partial charge in [0, 0.05) is 16.5 Å². The molecular formula is CF3NiOP. The van der Waals surface area contributed by atoms with Crippen molar-refractivity contribution >= 4 is 13.5 Å². The summed E-state index contributed by atoms with van der Waals surface area (Å²) in [5, 5.41) is 0. The maximum atomic E-state index is 10.5. The summed E-state index contributed by atoms with van der Waals surface area (Å²) >= 11 is 0. The number of carbonyl (C=O) groups excluding carboxylic acids is 1. The third-order valence-corrected chi connectivity index (χ3v) is 0.311. The van der Waals surface area contributed by atoms with Gasteiger partial charge in [0.1, 0.15) is 0 Å². The van der Waals surface area contributed by atoms with E-state index in [1.807, 2.05) is 0 Å². The smallest absolute Gasteiger partial charge is 0.226 e. The maximum Gasteiger partial charge on any atom is 0.457 e. The van der Waals surface area contributed by atoms with Crippen molar-refractivity contribution in [2.75, 3.05) is 0 Å². The van der Waals surface area contributed by atoms with Crippen LogP contribution in [-0.4, -0.2) is 5.66 Å². The predicted octanol–water partition coefficient (Wildman–Crippen LogP) is 1.72. The molecule has 0 bridgehead atoms. The molecule has 6 heteroatoms. The van der Waals surface area contributed by atoms with E-state index in [0.717, 1.165) is 0 Å². The molecule has 0 unspecified atom stereocenters. The van der Waals surface area contributed by atoms with Crippen LogP contribution in [0, 0.1) is 0 Å². The SMILES string of the molecule is O=C=P(F)(F)F.[Ni]. The van der Waals surface area contributed by atoms with Crippen molar-refractivity contribution in [2.24, 2.45) is 0 Å². The number of hydrogen-bond acceptors (Lipinski definition) is 1. The van der Waals surface area contributed by atoms with Crippen LogP contribution in [0.25, 0.3) is 0 Å². The molecule has 0 atom stereocenters. The van der Waals surface area contributed by atoms with Gasteiger partial charge in [0.15, 0.2) is 0 Å². The van der Waals surface area contributed by atoms with Crippen LogP contribution in [0.1, 0.15) is 0 Å². The van der Waals surface area contributed by atoms with E-state index in [4.69, 9.17) is 4.79 Å². The summed E-state index contributed by atoms with van der Waals surface area (Å²) in [6.07, 6.45) is 0. The van der Waals surface area contributed by atoms with Crippen molar-refractivity contribution in [2.45, 2.75) is 0 Å². The van der Waals surface area contributed by atoms with E-state index in [0.29, 0.717) is 0 Å². The minimum absolute atomic E-state index is 0. The van der Waals surface area contributed by atoms with Gasteiger partial charge < -0.3 is 0 Å². The molecule has 0 fully saturated rings. The van der Waals surface area contributed by atoms with Gasteiger partial charge in [-0.05, 0) is 0 Å². The van der Waals surface area contributed by atoms with Gasteiger partial charge in [-0.15, -0.1) is 12.6 Å². The normalized spacial score (nSPS) is 9.00. The number of rotatable bonds is 0. The van der Waals surface area contributed by atoms with Crippen LogP contribution < -0.4 is 0 Å². The molecule has 0 saturated heterocycles. The summed E-state index contributed by atoms with van der Waals surface area (Å²) < 4.78 is 31.4. The monoisotopic (exact) mass is 174 g/mol. The van der Waals surface area contributed by atoms with E-state index in [2.05, 4.69) is 0 Å². The second-order valence-electron chi connectivity index (χ2n) is 0.536. The van der Waals surface area contributed by atoms with Crippen LogP contribution in [0.4, 0.5) is 12.6 Å². The van der Waals surface area contributed by atoms with Crippen molar-refractivity contribution < 1.29 is 33.9 Å². The Morgan fingerprint density at radius 2 is 1.43 bits per heavy atom. The van der Waals surface area contributed by atoms with E-state index in [9.17, 15) is 12.6 Å². The zero-order chi connectivity index (χ0) is 5.21. The minimum atomic E-state index is -5.70. The second kappa shape index (κ2) is 3.32. The van der Waals surface area contributed by atoms with Gasteiger partial charge in [-0.1, -0.05) is 0 Å². The van der Waals surface area contributed by atoms with Gasteiger partial charge in [0.05, 0.1) is 0 Å². The zero-order valence-corrected chi connectivity index (χ0v) is 4.69. The molecule has 0 aliphatic rings. The molecule has 0 aromatic heterocycles. The largest absolute Gasteiger partial charge is 0.457 e. The Morgan fingerprint density at radius 3 is 1.43 bits per heavy atom. The molecule has 0 radical (unpaired) electrons. The van der Waals surface area contributed by atoms with Gasteiger partial charge in [-0.3, -0.25) is 0 Å². The Labute approximate surface area is 48.2 Å². The molecule has 7 heavy (non-hydrogen) atoms. The molecule has 46 valence electrons. The van der Waals surface area contributed by atoms with Gasteiger partial charge in [0.25, 0.3) is 0 Å². The molecule has 0 rings (SSSR count). The van der Waals surface area contributed by atoms with Crippen LogP contribution >= 0.6 is 7.82 Å². The molecule has 0 saturated carbocycles. The van der Waals surface area contributed by atoms with Crippen molar-refractivity contribution in [1.29, 1.82) is 0 Å². The van der Waals surface area contributed by atoms with E-state index >= 15 is 0 Å². The fourth-order valence-corrected chi connectivity index (χ4v) is 0. The molecule has 0 N–H and O–H groups in total. The molecule has 0 aromatic carbocycles. The number of hydrogen-bond donors (Lipinski definition) is 0. The third kappa shape index (κ3) is 10.7. The molecule has 1 nitrogen and oxygen atoms in total. The average molecular weight is 175 g/mol. The quantitative estimate of drug-likeness (QED) is 0.404. The van der Waals surface area contributed by atoms with Crippen LogP contribution in [0.5, 0.6) is 0 Å². The third-order valence-electron chi connectivity index (χ3n) is 0.104. The van der Waals surface area contributed by atoms with Crippen LogP contribution in [0.15, 0.2) is 0 Å². The molecule has 0 aliphatic carbocycles. The summed E-state index contributed by atoms with van der Waals surface area (Å²) in [4.78, 5) is 8.63. The first kappa shape index (κ1) is 10.3. The van der Waals surface area contributed by atoms with Gasteiger partial charge in [-0.2, -0.15) is 0 Å². The Morgan fingerprint density at radius 1 is 1.29 bits per heavy atom. The number of halogens is 3. The standard InChI is InChI=1S/CF3OP.Ni/c2-6(3,4)1-5;. The summed E-state index contributed by atoms with van der Waals surface area (Å²) in [6.45, 7) is 0. The van der Waals surface area contributed by atoms with Crippen molar-refractivity contribution in [3.05, 3.63) is 0 Å². The molecule has 0 spiro atoms. The van der Waals surface area contributed by atoms with Crippen molar-refractivity contribution in [1.82, 2.24) is 0 Å². The summed E-state index contributed by atoms with van der Waals surface area (Å²) in [5.74, 6) is 0. The van der Waals surface area contributed by atoms with Crippen molar-refractivity contribution in [3.63, 3.8) is 0 Å². The Bertz CT molecular complexity index is 104. The average Bonchev–Trinajstić information content (AvgIpc) is 1.35. The zero-order valence-electron chi connectivity index (χ0n) is 2.81. The molecule has 0 aromatic rings. The molecule has 0 amide bonds. The molecule has 0 aliphatic heterocycles. The first-order valence-corrected chi connectivity index (χ1v) is 2.40. The van der Waals surface area contributed by atoms with Crippen molar-refractivity contribution in [3.8, 4) is 0 Å². The van der Waals surface area contributed by atoms with Gasteiger partial charge in [-0.25, -0.2) is 4.79 Å². The van der Waals surface area contributed by atoms with Gasteiger partial charge >= 0.3 is 7.82 Å². The first-order chi connectivity index (χ1) is 2.56. The first-order valence-electron chi connectivity index (χ1n) is 0.935. The summed E-state index contributed by atoms with van der Waals surface area (Å²) in [6, 6.07) is 0. The summed E-state index contributed by atoms with van der Waals surface area (Å²) in [5.41, 5.74) is -0.0347. The Kier molecular flexibility index (Phi) is 4.88. The fraction of sp³-hybridized carbons (Fsp3) is 0.